The molecule has 0 radical (unpaired) electrons. The Bertz CT molecular complexity index is 1060. The first-order chi connectivity index (χ1) is 15.0. The van der Waals surface area contributed by atoms with E-state index >= 15 is 0 Å². The summed E-state index contributed by atoms with van der Waals surface area (Å²) in [4.78, 5) is 16.6. The van der Waals surface area contributed by atoms with Crippen LogP contribution >= 0.6 is 27.5 Å². The van der Waals surface area contributed by atoms with Gasteiger partial charge in [0, 0.05) is 47.9 Å². The van der Waals surface area contributed by atoms with Crippen LogP contribution < -0.4 is 4.90 Å². The number of benzene rings is 3. The molecule has 0 atom stereocenters. The number of methoxy groups -OCH3 is 1. The Kier molecular flexibility index (Phi) is 6.96. The SMILES string of the molecule is COC(=O)c1ccc(N2CCN(Cc3ccccc3-c3ccc(Cl)cc3)CC2)cc1Br. The molecule has 0 N–H and O–H groups in total. The zero-order chi connectivity index (χ0) is 21.8. The van der Waals surface area contributed by atoms with E-state index in [4.69, 9.17) is 16.3 Å². The Morgan fingerprint density at radius 1 is 1.00 bits per heavy atom. The van der Waals surface area contributed by atoms with Crippen molar-refractivity contribution in [1.82, 2.24) is 4.90 Å². The van der Waals surface area contributed by atoms with Crippen LogP contribution in [0.3, 0.4) is 0 Å². The Balaban J connectivity index is 1.42. The van der Waals surface area contributed by atoms with Crippen molar-refractivity contribution >= 4 is 39.2 Å². The number of anilines is 1. The van der Waals surface area contributed by atoms with Gasteiger partial charge in [-0.15, -0.1) is 0 Å². The first-order valence-corrected chi connectivity index (χ1v) is 11.4. The second-order valence-corrected chi connectivity index (χ2v) is 8.87. The lowest BCUT2D eigenvalue weighted by Gasteiger charge is -2.36. The van der Waals surface area contributed by atoms with Gasteiger partial charge in [-0.3, -0.25) is 4.90 Å². The average Bonchev–Trinajstić information content (AvgIpc) is 2.80. The maximum atomic E-state index is 11.8. The summed E-state index contributed by atoms with van der Waals surface area (Å²) in [5, 5.41) is 0.753. The quantitative estimate of drug-likeness (QED) is 0.411. The van der Waals surface area contributed by atoms with Gasteiger partial charge in [0.25, 0.3) is 0 Å². The van der Waals surface area contributed by atoms with Crippen molar-refractivity contribution in [2.45, 2.75) is 6.54 Å². The van der Waals surface area contributed by atoms with Gasteiger partial charge in [-0.25, -0.2) is 4.79 Å². The number of hydrogen-bond donors (Lipinski definition) is 0. The van der Waals surface area contributed by atoms with Crippen LogP contribution in [0.25, 0.3) is 11.1 Å². The fourth-order valence-corrected chi connectivity index (χ4v) is 4.61. The second-order valence-electron chi connectivity index (χ2n) is 7.58. The van der Waals surface area contributed by atoms with Gasteiger partial charge in [-0.1, -0.05) is 48.0 Å². The Morgan fingerprint density at radius 2 is 1.71 bits per heavy atom. The van der Waals surface area contributed by atoms with Crippen LogP contribution in [-0.4, -0.2) is 44.2 Å². The predicted molar refractivity (Wildman–Crippen MR) is 130 cm³/mol. The molecule has 1 aliphatic rings. The van der Waals surface area contributed by atoms with Crippen molar-refractivity contribution < 1.29 is 9.53 Å². The number of hydrogen-bond acceptors (Lipinski definition) is 4. The molecule has 0 unspecified atom stereocenters. The molecule has 0 amide bonds. The van der Waals surface area contributed by atoms with E-state index in [1.807, 2.05) is 30.3 Å². The molecule has 4 nitrogen and oxygen atoms in total. The van der Waals surface area contributed by atoms with E-state index in [2.05, 4.69) is 62.1 Å². The minimum Gasteiger partial charge on any atom is -0.465 e. The zero-order valence-electron chi connectivity index (χ0n) is 17.4. The van der Waals surface area contributed by atoms with Crippen molar-refractivity contribution in [3.8, 4) is 11.1 Å². The first kappa shape index (κ1) is 21.9. The molecule has 0 bridgehead atoms. The highest BCUT2D eigenvalue weighted by molar-refractivity contribution is 9.10. The van der Waals surface area contributed by atoms with Crippen LogP contribution in [0.2, 0.25) is 5.02 Å². The Hall–Kier alpha value is -2.34. The lowest BCUT2D eigenvalue weighted by atomic mass is 9.99. The highest BCUT2D eigenvalue weighted by Gasteiger charge is 2.20. The summed E-state index contributed by atoms with van der Waals surface area (Å²) < 4.78 is 5.59. The Labute approximate surface area is 196 Å². The lowest BCUT2D eigenvalue weighted by molar-refractivity contribution is 0.0599. The lowest BCUT2D eigenvalue weighted by Crippen LogP contribution is -2.46. The van der Waals surface area contributed by atoms with Gasteiger partial charge in [0.05, 0.1) is 12.7 Å². The number of halogens is 2. The third kappa shape index (κ3) is 5.12. The van der Waals surface area contributed by atoms with E-state index in [-0.39, 0.29) is 5.97 Å². The van der Waals surface area contributed by atoms with Gasteiger partial charge in [0.1, 0.15) is 0 Å². The highest BCUT2D eigenvalue weighted by atomic mass is 79.9. The summed E-state index contributed by atoms with van der Waals surface area (Å²) in [5.74, 6) is -0.331. The maximum absolute atomic E-state index is 11.8. The average molecular weight is 500 g/mol. The number of esters is 1. The molecule has 3 aromatic rings. The number of ether oxygens (including phenoxy) is 1. The number of nitrogens with zero attached hydrogens (tertiary/aromatic N) is 2. The summed E-state index contributed by atoms with van der Waals surface area (Å²) in [6.07, 6.45) is 0. The smallest absolute Gasteiger partial charge is 0.339 e. The fourth-order valence-electron chi connectivity index (χ4n) is 3.95. The Morgan fingerprint density at radius 3 is 2.39 bits per heavy atom. The molecule has 1 fully saturated rings. The van der Waals surface area contributed by atoms with Gasteiger partial charge >= 0.3 is 5.97 Å². The molecule has 0 aliphatic carbocycles. The van der Waals surface area contributed by atoms with Crippen LogP contribution in [0, 0.1) is 0 Å². The van der Waals surface area contributed by atoms with E-state index in [0.717, 1.165) is 47.9 Å². The molecular weight excluding hydrogens is 476 g/mol. The molecule has 160 valence electrons. The standard InChI is InChI=1S/C25H24BrClN2O2/c1-31-25(30)23-11-10-21(16-24(23)26)29-14-12-28(13-15-29)17-19-4-2-3-5-22(19)18-6-8-20(27)9-7-18/h2-11,16H,12-15,17H2,1H3. The first-order valence-electron chi connectivity index (χ1n) is 10.2. The van der Waals surface area contributed by atoms with E-state index in [0.29, 0.717) is 5.56 Å². The van der Waals surface area contributed by atoms with Crippen LogP contribution in [0.5, 0.6) is 0 Å². The number of carbonyl (C=O) groups is 1. The molecule has 6 heteroatoms. The number of rotatable bonds is 5. The van der Waals surface area contributed by atoms with E-state index < -0.39 is 0 Å². The van der Waals surface area contributed by atoms with Crippen molar-refractivity contribution in [3.63, 3.8) is 0 Å². The van der Waals surface area contributed by atoms with Crippen molar-refractivity contribution in [2.24, 2.45) is 0 Å². The van der Waals surface area contributed by atoms with Crippen LogP contribution in [-0.2, 0) is 11.3 Å². The van der Waals surface area contributed by atoms with Gasteiger partial charge in [0.15, 0.2) is 0 Å². The molecule has 0 aromatic heterocycles. The molecule has 1 heterocycles. The number of piperazine rings is 1. The van der Waals surface area contributed by atoms with Crippen molar-refractivity contribution in [2.75, 3.05) is 38.2 Å². The zero-order valence-corrected chi connectivity index (χ0v) is 19.7. The normalized spacial score (nSPS) is 14.5. The van der Waals surface area contributed by atoms with E-state index in [9.17, 15) is 4.79 Å². The highest BCUT2D eigenvalue weighted by Crippen LogP contribution is 2.28. The molecule has 4 rings (SSSR count). The minimum atomic E-state index is -0.331. The fraction of sp³-hybridized carbons (Fsp3) is 0.240. The van der Waals surface area contributed by atoms with Crippen molar-refractivity contribution in [1.29, 1.82) is 0 Å². The van der Waals surface area contributed by atoms with Crippen LogP contribution in [0.15, 0.2) is 71.2 Å². The van der Waals surface area contributed by atoms with E-state index in [1.54, 1.807) is 0 Å². The summed E-state index contributed by atoms with van der Waals surface area (Å²) in [5.41, 5.74) is 5.42. The second kappa shape index (κ2) is 9.86. The van der Waals surface area contributed by atoms with Crippen LogP contribution in [0.4, 0.5) is 5.69 Å². The van der Waals surface area contributed by atoms with Crippen molar-refractivity contribution in [3.05, 3.63) is 87.4 Å². The molecule has 1 saturated heterocycles. The summed E-state index contributed by atoms with van der Waals surface area (Å²) in [6.45, 7) is 4.74. The molecule has 31 heavy (non-hydrogen) atoms. The topological polar surface area (TPSA) is 32.8 Å². The third-order valence-corrected chi connectivity index (χ3v) is 6.57. The molecule has 0 saturated carbocycles. The largest absolute Gasteiger partial charge is 0.465 e. The van der Waals surface area contributed by atoms with Gasteiger partial charge < -0.3 is 9.64 Å². The van der Waals surface area contributed by atoms with Crippen LogP contribution in [0.1, 0.15) is 15.9 Å². The third-order valence-electron chi connectivity index (χ3n) is 5.66. The summed E-state index contributed by atoms with van der Waals surface area (Å²) in [6, 6.07) is 22.4. The van der Waals surface area contributed by atoms with E-state index in [1.165, 1.54) is 23.8 Å². The maximum Gasteiger partial charge on any atom is 0.339 e. The summed E-state index contributed by atoms with van der Waals surface area (Å²) in [7, 11) is 1.40. The monoisotopic (exact) mass is 498 g/mol. The molecule has 1 aliphatic heterocycles. The summed E-state index contributed by atoms with van der Waals surface area (Å²) >= 11 is 9.56. The van der Waals surface area contributed by atoms with Gasteiger partial charge in [0.2, 0.25) is 0 Å². The minimum absolute atomic E-state index is 0.331. The molecule has 3 aromatic carbocycles. The molecular formula is C25H24BrClN2O2. The molecule has 0 spiro atoms. The predicted octanol–water partition coefficient (Wildman–Crippen LogP) is 5.88. The number of carbonyl (C=O) groups excluding carboxylic acids is 1. The van der Waals surface area contributed by atoms with Gasteiger partial charge in [-0.05, 0) is 63.0 Å². The van der Waals surface area contributed by atoms with Gasteiger partial charge in [-0.2, -0.15) is 0 Å².